The Balaban J connectivity index is 1.58. The maximum Gasteiger partial charge on any atom is 0.251 e. The number of carbonyl (C=O) groups excluding carboxylic acids is 1. The van der Waals surface area contributed by atoms with E-state index >= 15 is 0 Å². The van der Waals surface area contributed by atoms with Gasteiger partial charge in [0, 0.05) is 43.2 Å². The lowest BCUT2D eigenvalue weighted by molar-refractivity contribution is 0.0954. The molecular weight excluding hydrogens is 258 g/mol. The Morgan fingerprint density at radius 2 is 2.26 bits per heavy atom. The number of thiazole rings is 1. The van der Waals surface area contributed by atoms with Gasteiger partial charge in [0.05, 0.1) is 5.01 Å². The summed E-state index contributed by atoms with van der Waals surface area (Å²) in [6.45, 7) is 2.39. The fourth-order valence-electron chi connectivity index (χ4n) is 2.20. The smallest absolute Gasteiger partial charge is 0.251 e. The molecule has 1 aliphatic rings. The summed E-state index contributed by atoms with van der Waals surface area (Å²) < 4.78 is 0. The fourth-order valence-corrected chi connectivity index (χ4v) is 2.82. The largest absolute Gasteiger partial charge is 0.352 e. The Hall–Kier alpha value is -1.72. The first-order valence-corrected chi connectivity index (χ1v) is 7.20. The van der Waals surface area contributed by atoms with E-state index in [4.69, 9.17) is 0 Å². The van der Waals surface area contributed by atoms with Crippen LogP contribution in [0.25, 0.3) is 0 Å². The van der Waals surface area contributed by atoms with Gasteiger partial charge in [0.25, 0.3) is 5.91 Å². The zero-order valence-corrected chi connectivity index (χ0v) is 11.3. The number of carbonyl (C=O) groups is 1. The van der Waals surface area contributed by atoms with Crippen LogP contribution in [0.2, 0.25) is 0 Å². The predicted molar refractivity (Wildman–Crippen MR) is 75.1 cm³/mol. The van der Waals surface area contributed by atoms with Crippen LogP contribution < -0.4 is 10.6 Å². The highest BCUT2D eigenvalue weighted by Gasteiger charge is 2.13. The zero-order valence-electron chi connectivity index (χ0n) is 10.5. The number of aromatic nitrogens is 1. The minimum Gasteiger partial charge on any atom is -0.352 e. The predicted octanol–water partition coefficient (Wildman–Crippen LogP) is 1.72. The van der Waals surface area contributed by atoms with Gasteiger partial charge in [-0.3, -0.25) is 4.79 Å². The second-order valence-electron chi connectivity index (χ2n) is 4.52. The number of benzene rings is 1. The Morgan fingerprint density at radius 1 is 1.37 bits per heavy atom. The van der Waals surface area contributed by atoms with E-state index in [2.05, 4.69) is 15.6 Å². The summed E-state index contributed by atoms with van der Waals surface area (Å²) in [5.41, 5.74) is 3.26. The zero-order chi connectivity index (χ0) is 13.1. The summed E-state index contributed by atoms with van der Waals surface area (Å²) in [5.74, 6) is -0.00810. The van der Waals surface area contributed by atoms with E-state index < -0.39 is 0 Å². The Kier molecular flexibility index (Phi) is 3.57. The number of nitrogens with zero attached hydrogens (tertiary/aromatic N) is 1. The quantitative estimate of drug-likeness (QED) is 0.892. The van der Waals surface area contributed by atoms with Crippen LogP contribution in [0.15, 0.2) is 29.8 Å². The van der Waals surface area contributed by atoms with Crippen LogP contribution >= 0.6 is 11.3 Å². The molecule has 2 N–H and O–H groups in total. The molecule has 1 amide bonds. The first-order valence-electron chi connectivity index (χ1n) is 6.32. The lowest BCUT2D eigenvalue weighted by Crippen LogP contribution is -2.25. The average Bonchev–Trinajstić information content (AvgIpc) is 3.08. The summed E-state index contributed by atoms with van der Waals surface area (Å²) in [6, 6.07) is 5.91. The normalized spacial score (nSPS) is 13.3. The van der Waals surface area contributed by atoms with Crippen LogP contribution in [-0.2, 0) is 19.5 Å². The molecule has 5 heteroatoms. The fraction of sp³-hybridized carbons (Fsp3) is 0.286. The standard InChI is InChI=1S/C14H15N3OS/c18-14(17-4-3-13-16-5-6-19-13)10-1-2-11-8-15-9-12(11)7-10/h1-2,5-7,15H,3-4,8-9H2,(H,17,18). The van der Waals surface area contributed by atoms with Gasteiger partial charge in [0.1, 0.15) is 0 Å². The van der Waals surface area contributed by atoms with Gasteiger partial charge in [0.15, 0.2) is 0 Å². The van der Waals surface area contributed by atoms with Crippen molar-refractivity contribution in [1.29, 1.82) is 0 Å². The highest BCUT2D eigenvalue weighted by Crippen LogP contribution is 2.16. The minimum atomic E-state index is -0.00810. The van der Waals surface area contributed by atoms with Gasteiger partial charge in [-0.2, -0.15) is 0 Å². The van der Waals surface area contributed by atoms with Crippen molar-refractivity contribution in [2.24, 2.45) is 0 Å². The molecule has 0 atom stereocenters. The van der Waals surface area contributed by atoms with Crippen LogP contribution in [-0.4, -0.2) is 17.4 Å². The molecule has 0 spiro atoms. The van der Waals surface area contributed by atoms with Gasteiger partial charge in [-0.1, -0.05) is 6.07 Å². The number of amides is 1. The van der Waals surface area contributed by atoms with Crippen molar-refractivity contribution in [2.45, 2.75) is 19.5 Å². The van der Waals surface area contributed by atoms with Gasteiger partial charge in [-0.15, -0.1) is 11.3 Å². The molecule has 4 nitrogen and oxygen atoms in total. The summed E-state index contributed by atoms with van der Waals surface area (Å²) >= 11 is 1.62. The van der Waals surface area contributed by atoms with E-state index in [0.717, 1.165) is 30.1 Å². The molecule has 0 fully saturated rings. The van der Waals surface area contributed by atoms with Crippen molar-refractivity contribution < 1.29 is 4.79 Å². The van der Waals surface area contributed by atoms with Gasteiger partial charge >= 0.3 is 0 Å². The van der Waals surface area contributed by atoms with Crippen molar-refractivity contribution in [3.05, 3.63) is 51.5 Å². The molecule has 1 aliphatic heterocycles. The molecule has 1 aromatic heterocycles. The molecular formula is C14H15N3OS. The Labute approximate surface area is 115 Å². The summed E-state index contributed by atoms with van der Waals surface area (Å²) in [7, 11) is 0. The van der Waals surface area contributed by atoms with E-state index in [-0.39, 0.29) is 5.91 Å². The van der Waals surface area contributed by atoms with Crippen molar-refractivity contribution in [3.63, 3.8) is 0 Å². The van der Waals surface area contributed by atoms with E-state index in [1.807, 2.05) is 23.6 Å². The molecule has 98 valence electrons. The van der Waals surface area contributed by atoms with E-state index in [1.165, 1.54) is 11.1 Å². The van der Waals surface area contributed by atoms with Crippen LogP contribution in [0.5, 0.6) is 0 Å². The second kappa shape index (κ2) is 5.50. The second-order valence-corrected chi connectivity index (χ2v) is 5.50. The van der Waals surface area contributed by atoms with Gasteiger partial charge in [-0.25, -0.2) is 4.98 Å². The molecule has 1 aromatic carbocycles. The molecule has 19 heavy (non-hydrogen) atoms. The number of hydrogen-bond donors (Lipinski definition) is 2. The third-order valence-corrected chi connectivity index (χ3v) is 4.05. The van der Waals surface area contributed by atoms with E-state index in [1.54, 1.807) is 17.5 Å². The monoisotopic (exact) mass is 273 g/mol. The molecule has 0 saturated carbocycles. The lowest BCUT2D eigenvalue weighted by atomic mass is 10.1. The molecule has 3 rings (SSSR count). The number of hydrogen-bond acceptors (Lipinski definition) is 4. The van der Waals surface area contributed by atoms with Crippen LogP contribution in [0.3, 0.4) is 0 Å². The van der Waals surface area contributed by atoms with Crippen molar-refractivity contribution in [1.82, 2.24) is 15.6 Å². The number of fused-ring (bicyclic) bond motifs is 1. The van der Waals surface area contributed by atoms with Crippen molar-refractivity contribution >= 4 is 17.2 Å². The lowest BCUT2D eigenvalue weighted by Gasteiger charge is -2.06. The number of rotatable bonds is 4. The minimum absolute atomic E-state index is 0.00810. The molecule has 0 aliphatic carbocycles. The van der Waals surface area contributed by atoms with Gasteiger partial charge in [-0.05, 0) is 23.3 Å². The van der Waals surface area contributed by atoms with Crippen molar-refractivity contribution in [3.8, 4) is 0 Å². The summed E-state index contributed by atoms with van der Waals surface area (Å²) in [6.07, 6.45) is 2.57. The maximum atomic E-state index is 12.0. The highest BCUT2D eigenvalue weighted by atomic mass is 32.1. The van der Waals surface area contributed by atoms with Crippen LogP contribution in [0.4, 0.5) is 0 Å². The molecule has 0 unspecified atom stereocenters. The summed E-state index contributed by atoms with van der Waals surface area (Å²) in [4.78, 5) is 16.2. The highest BCUT2D eigenvalue weighted by molar-refractivity contribution is 7.09. The Morgan fingerprint density at radius 3 is 3.11 bits per heavy atom. The van der Waals surface area contributed by atoms with E-state index in [0.29, 0.717) is 6.54 Å². The topological polar surface area (TPSA) is 54.0 Å². The molecule has 0 bridgehead atoms. The number of nitrogens with one attached hydrogen (secondary N) is 2. The molecule has 2 heterocycles. The summed E-state index contributed by atoms with van der Waals surface area (Å²) in [5, 5.41) is 9.22. The van der Waals surface area contributed by atoms with Crippen LogP contribution in [0.1, 0.15) is 26.5 Å². The Bertz CT molecular complexity index is 580. The molecule has 0 radical (unpaired) electrons. The third-order valence-electron chi connectivity index (χ3n) is 3.21. The first-order chi connectivity index (χ1) is 9.33. The van der Waals surface area contributed by atoms with Gasteiger partial charge in [0.2, 0.25) is 0 Å². The molecule has 0 saturated heterocycles. The van der Waals surface area contributed by atoms with Crippen LogP contribution in [0, 0.1) is 0 Å². The molecule has 2 aromatic rings. The first kappa shape index (κ1) is 12.3. The maximum absolute atomic E-state index is 12.0. The average molecular weight is 273 g/mol. The van der Waals surface area contributed by atoms with Crippen molar-refractivity contribution in [2.75, 3.05) is 6.54 Å². The van der Waals surface area contributed by atoms with E-state index in [9.17, 15) is 4.79 Å². The van der Waals surface area contributed by atoms with Gasteiger partial charge < -0.3 is 10.6 Å². The SMILES string of the molecule is O=C(NCCc1nccs1)c1ccc2c(c1)CNC2. The third kappa shape index (κ3) is 2.83.